The van der Waals surface area contributed by atoms with Gasteiger partial charge in [-0.3, -0.25) is 4.55 Å². The molecule has 7 nitrogen and oxygen atoms in total. The molecule has 4 aromatic rings. The lowest BCUT2D eigenvalue weighted by molar-refractivity contribution is 0.477. The first-order chi connectivity index (χ1) is 12.9. The number of aromatic nitrogens is 2. The highest BCUT2D eigenvalue weighted by Gasteiger charge is 2.13. The average Bonchev–Trinajstić information content (AvgIpc) is 2.64. The standard InChI is InChI=1S/C19H15N3O4S/c23-19-10-17-16(9-18(19)20-11-12-4-2-1-3-5-12)21-14-7-6-13(27(24,25)26)8-15(14)22-17/h1-10,20,23H,11H2,(H,24,25,26). The molecule has 0 radical (unpaired) electrons. The van der Waals surface area contributed by atoms with Crippen molar-refractivity contribution in [1.29, 1.82) is 0 Å². The molecule has 1 aromatic heterocycles. The number of hydrogen-bond donors (Lipinski definition) is 3. The third kappa shape index (κ3) is 3.53. The Bertz CT molecular complexity index is 1260. The molecule has 0 amide bonds. The highest BCUT2D eigenvalue weighted by Crippen LogP contribution is 2.29. The lowest BCUT2D eigenvalue weighted by Crippen LogP contribution is -2.00. The maximum Gasteiger partial charge on any atom is 0.294 e. The van der Waals surface area contributed by atoms with E-state index >= 15 is 0 Å². The van der Waals surface area contributed by atoms with Crippen molar-refractivity contribution >= 4 is 37.9 Å². The van der Waals surface area contributed by atoms with Gasteiger partial charge in [0.1, 0.15) is 5.75 Å². The number of phenols is 1. The fraction of sp³-hybridized carbons (Fsp3) is 0.0526. The van der Waals surface area contributed by atoms with Gasteiger partial charge in [-0.2, -0.15) is 8.42 Å². The van der Waals surface area contributed by atoms with E-state index in [0.717, 1.165) is 5.56 Å². The minimum atomic E-state index is -4.32. The summed E-state index contributed by atoms with van der Waals surface area (Å²) < 4.78 is 31.7. The Hall–Kier alpha value is -3.23. The van der Waals surface area contributed by atoms with Gasteiger partial charge >= 0.3 is 0 Å². The van der Waals surface area contributed by atoms with Crippen LogP contribution in [0, 0.1) is 0 Å². The van der Waals surface area contributed by atoms with Gasteiger partial charge in [0.05, 0.1) is 32.6 Å². The van der Waals surface area contributed by atoms with Crippen molar-refractivity contribution in [1.82, 2.24) is 9.97 Å². The van der Waals surface area contributed by atoms with Gasteiger partial charge in [-0.1, -0.05) is 30.3 Å². The molecule has 0 spiro atoms. The Labute approximate surface area is 155 Å². The van der Waals surface area contributed by atoms with Gasteiger partial charge in [0, 0.05) is 12.6 Å². The number of benzene rings is 3. The van der Waals surface area contributed by atoms with Crippen LogP contribution in [0.4, 0.5) is 5.69 Å². The highest BCUT2D eigenvalue weighted by atomic mass is 32.2. The van der Waals surface area contributed by atoms with Crippen LogP contribution in [0.2, 0.25) is 0 Å². The predicted octanol–water partition coefficient (Wildman–Crippen LogP) is 3.35. The summed E-state index contributed by atoms with van der Waals surface area (Å²) in [5.74, 6) is 0.0121. The molecule has 0 saturated carbocycles. The van der Waals surface area contributed by atoms with Crippen molar-refractivity contribution in [3.8, 4) is 5.75 Å². The predicted molar refractivity (Wildman–Crippen MR) is 102 cm³/mol. The number of nitrogens with zero attached hydrogens (tertiary/aromatic N) is 2. The van der Waals surface area contributed by atoms with E-state index in [1.807, 2.05) is 30.3 Å². The van der Waals surface area contributed by atoms with E-state index in [1.54, 1.807) is 6.07 Å². The zero-order valence-corrected chi connectivity index (χ0v) is 14.8. The van der Waals surface area contributed by atoms with Crippen LogP contribution in [0.1, 0.15) is 5.56 Å². The molecule has 3 aromatic carbocycles. The van der Waals surface area contributed by atoms with Crippen molar-refractivity contribution in [3.05, 3.63) is 66.2 Å². The molecule has 0 aliphatic heterocycles. The highest BCUT2D eigenvalue weighted by molar-refractivity contribution is 7.85. The number of fused-ring (bicyclic) bond motifs is 2. The summed E-state index contributed by atoms with van der Waals surface area (Å²) in [7, 11) is -4.32. The van der Waals surface area contributed by atoms with Gasteiger partial charge in [0.15, 0.2) is 0 Å². The van der Waals surface area contributed by atoms with Crippen molar-refractivity contribution in [2.75, 3.05) is 5.32 Å². The first kappa shape index (κ1) is 17.2. The molecule has 0 atom stereocenters. The molecule has 27 heavy (non-hydrogen) atoms. The maximum absolute atomic E-state index is 11.3. The van der Waals surface area contributed by atoms with Gasteiger partial charge in [-0.05, 0) is 29.8 Å². The first-order valence-electron chi connectivity index (χ1n) is 8.10. The molecule has 0 bridgehead atoms. The third-order valence-corrected chi connectivity index (χ3v) is 4.99. The summed E-state index contributed by atoms with van der Waals surface area (Å²) in [6, 6.07) is 16.9. The molecule has 0 aliphatic carbocycles. The van der Waals surface area contributed by atoms with Crippen LogP contribution < -0.4 is 5.32 Å². The topological polar surface area (TPSA) is 112 Å². The van der Waals surface area contributed by atoms with Crippen LogP contribution in [-0.4, -0.2) is 28.0 Å². The number of rotatable bonds is 4. The van der Waals surface area contributed by atoms with Gasteiger partial charge in [0.25, 0.3) is 10.1 Å². The van der Waals surface area contributed by atoms with Gasteiger partial charge < -0.3 is 10.4 Å². The van der Waals surface area contributed by atoms with Crippen molar-refractivity contribution in [3.63, 3.8) is 0 Å². The Morgan fingerprint density at radius 2 is 1.52 bits per heavy atom. The van der Waals surface area contributed by atoms with E-state index in [4.69, 9.17) is 0 Å². The minimum Gasteiger partial charge on any atom is -0.506 e. The first-order valence-corrected chi connectivity index (χ1v) is 9.54. The zero-order valence-electron chi connectivity index (χ0n) is 14.0. The van der Waals surface area contributed by atoms with E-state index < -0.39 is 10.1 Å². The van der Waals surface area contributed by atoms with E-state index in [2.05, 4.69) is 15.3 Å². The Kier molecular flexibility index (Phi) is 4.14. The SMILES string of the molecule is O=S(=O)(O)c1ccc2nc3cc(NCc4ccccc4)c(O)cc3nc2c1. The second kappa shape index (κ2) is 6.49. The maximum atomic E-state index is 11.3. The van der Waals surface area contributed by atoms with E-state index in [-0.39, 0.29) is 10.6 Å². The van der Waals surface area contributed by atoms with E-state index in [9.17, 15) is 18.1 Å². The molecular formula is C19H15N3O4S. The summed E-state index contributed by atoms with van der Waals surface area (Å²) in [5, 5.41) is 13.4. The number of anilines is 1. The monoisotopic (exact) mass is 381 g/mol. The summed E-state index contributed by atoms with van der Waals surface area (Å²) in [5.41, 5.74) is 3.35. The average molecular weight is 381 g/mol. The fourth-order valence-corrected chi connectivity index (χ4v) is 3.29. The van der Waals surface area contributed by atoms with Crippen LogP contribution in [0.3, 0.4) is 0 Å². The number of aromatic hydroxyl groups is 1. The number of nitrogens with one attached hydrogen (secondary N) is 1. The molecule has 1 heterocycles. The van der Waals surface area contributed by atoms with Crippen molar-refractivity contribution < 1.29 is 18.1 Å². The van der Waals surface area contributed by atoms with Crippen LogP contribution in [0.15, 0.2) is 65.6 Å². The Balaban J connectivity index is 1.74. The van der Waals surface area contributed by atoms with Crippen LogP contribution in [-0.2, 0) is 16.7 Å². The summed E-state index contributed by atoms with van der Waals surface area (Å²) in [6.45, 7) is 0.540. The molecule has 0 saturated heterocycles. The minimum absolute atomic E-state index is 0.0121. The van der Waals surface area contributed by atoms with E-state index in [0.29, 0.717) is 34.3 Å². The molecule has 0 unspecified atom stereocenters. The fourth-order valence-electron chi connectivity index (χ4n) is 2.79. The normalized spacial score (nSPS) is 11.7. The zero-order chi connectivity index (χ0) is 19.0. The second-order valence-corrected chi connectivity index (χ2v) is 7.47. The molecule has 3 N–H and O–H groups in total. The van der Waals surface area contributed by atoms with Crippen molar-refractivity contribution in [2.24, 2.45) is 0 Å². The molecule has 0 fully saturated rings. The van der Waals surface area contributed by atoms with Crippen LogP contribution >= 0.6 is 0 Å². The number of hydrogen-bond acceptors (Lipinski definition) is 6. The lowest BCUT2D eigenvalue weighted by atomic mass is 10.2. The molecule has 4 rings (SSSR count). The quantitative estimate of drug-likeness (QED) is 0.282. The molecule has 8 heteroatoms. The summed E-state index contributed by atoms with van der Waals surface area (Å²) in [6.07, 6.45) is 0. The Morgan fingerprint density at radius 1 is 0.852 bits per heavy atom. The van der Waals surface area contributed by atoms with Crippen LogP contribution in [0.25, 0.3) is 22.1 Å². The van der Waals surface area contributed by atoms with Gasteiger partial charge in [0.2, 0.25) is 0 Å². The Morgan fingerprint density at radius 3 is 2.26 bits per heavy atom. The summed E-state index contributed by atoms with van der Waals surface area (Å²) in [4.78, 5) is 8.56. The van der Waals surface area contributed by atoms with Crippen molar-refractivity contribution in [2.45, 2.75) is 11.4 Å². The number of phenolic OH excluding ortho intramolecular Hbond substituents is 1. The van der Waals surface area contributed by atoms with E-state index in [1.165, 1.54) is 24.3 Å². The third-order valence-electron chi connectivity index (χ3n) is 4.15. The van der Waals surface area contributed by atoms with Gasteiger partial charge in [-0.15, -0.1) is 0 Å². The largest absolute Gasteiger partial charge is 0.506 e. The second-order valence-electron chi connectivity index (χ2n) is 6.05. The van der Waals surface area contributed by atoms with Gasteiger partial charge in [-0.25, -0.2) is 9.97 Å². The molecule has 136 valence electrons. The smallest absolute Gasteiger partial charge is 0.294 e. The lowest BCUT2D eigenvalue weighted by Gasteiger charge is -2.10. The molecular weight excluding hydrogens is 366 g/mol. The molecule has 0 aliphatic rings. The van der Waals surface area contributed by atoms with Crippen LogP contribution in [0.5, 0.6) is 5.75 Å². The summed E-state index contributed by atoms with van der Waals surface area (Å²) >= 11 is 0.